The Morgan fingerprint density at radius 2 is 0.711 bits per heavy atom. The molecule has 0 rings (SSSR count). The van der Waals surface area contributed by atoms with Gasteiger partial charge in [0.25, 0.3) is 0 Å². The van der Waals surface area contributed by atoms with Gasteiger partial charge in [-0.05, 0) is 81.6 Å². The SMILES string of the molecule is CC(C)(C)OC(=O)CCOCCC(N)(CCOCCC(=O)OC(C)(C)C)CCOCCC(=O)OC(C)(C)C. The van der Waals surface area contributed by atoms with Crippen LogP contribution >= 0.6 is 0 Å². The molecule has 0 saturated heterocycles. The zero-order chi connectivity index (χ0) is 29.5. The second-order valence-electron chi connectivity index (χ2n) is 12.5. The Morgan fingerprint density at radius 1 is 0.474 bits per heavy atom. The highest BCUT2D eigenvalue weighted by atomic mass is 16.6. The molecule has 0 aliphatic heterocycles. The molecule has 0 aliphatic rings. The molecular weight excluding hydrogens is 494 g/mol. The molecule has 0 amide bonds. The second-order valence-corrected chi connectivity index (χ2v) is 12.5. The highest BCUT2D eigenvalue weighted by Crippen LogP contribution is 2.19. The van der Waals surface area contributed by atoms with Gasteiger partial charge in [0.05, 0.1) is 39.1 Å². The molecule has 0 aromatic carbocycles. The summed E-state index contributed by atoms with van der Waals surface area (Å²) in [7, 11) is 0. The van der Waals surface area contributed by atoms with E-state index in [1.807, 2.05) is 62.3 Å². The molecule has 0 radical (unpaired) electrons. The van der Waals surface area contributed by atoms with Crippen LogP contribution < -0.4 is 5.73 Å². The zero-order valence-corrected chi connectivity index (χ0v) is 25.2. The van der Waals surface area contributed by atoms with Crippen LogP contribution in [0.3, 0.4) is 0 Å². The Balaban J connectivity index is 4.56. The van der Waals surface area contributed by atoms with Gasteiger partial charge in [0.2, 0.25) is 0 Å². The first kappa shape index (κ1) is 36.2. The smallest absolute Gasteiger partial charge is 0.308 e. The molecule has 2 N–H and O–H groups in total. The van der Waals surface area contributed by atoms with Gasteiger partial charge in [0.15, 0.2) is 0 Å². The number of hydrogen-bond donors (Lipinski definition) is 1. The molecule has 10 heteroatoms. The molecule has 0 aromatic rings. The minimum absolute atomic E-state index is 0.163. The van der Waals surface area contributed by atoms with E-state index in [-0.39, 0.29) is 57.0 Å². The number of esters is 3. The summed E-state index contributed by atoms with van der Waals surface area (Å²) in [5.41, 5.74) is 4.42. The Bertz CT molecular complexity index is 609. The van der Waals surface area contributed by atoms with Gasteiger partial charge in [-0.15, -0.1) is 0 Å². The molecule has 224 valence electrons. The molecule has 0 spiro atoms. The van der Waals surface area contributed by atoms with E-state index in [1.54, 1.807) is 0 Å². The van der Waals surface area contributed by atoms with Crippen LogP contribution in [0.4, 0.5) is 0 Å². The van der Waals surface area contributed by atoms with E-state index < -0.39 is 22.3 Å². The molecule has 10 nitrogen and oxygen atoms in total. The summed E-state index contributed by atoms with van der Waals surface area (Å²) in [6, 6.07) is 0. The van der Waals surface area contributed by atoms with Crippen LogP contribution in [0.1, 0.15) is 101 Å². The summed E-state index contributed by atoms with van der Waals surface area (Å²) in [4.78, 5) is 35.5. The van der Waals surface area contributed by atoms with Crippen LogP contribution in [-0.4, -0.2) is 79.9 Å². The van der Waals surface area contributed by atoms with Crippen molar-refractivity contribution in [3.8, 4) is 0 Å². The average molecular weight is 548 g/mol. The lowest BCUT2D eigenvalue weighted by molar-refractivity contribution is -0.157. The summed E-state index contributed by atoms with van der Waals surface area (Å²) in [5.74, 6) is -0.935. The number of nitrogens with two attached hydrogens (primary N) is 1. The van der Waals surface area contributed by atoms with Crippen LogP contribution in [0.5, 0.6) is 0 Å². The molecule has 0 fully saturated rings. The normalized spacial score (nSPS) is 12.8. The lowest BCUT2D eigenvalue weighted by atomic mass is 9.89. The van der Waals surface area contributed by atoms with E-state index in [0.717, 1.165) is 0 Å². The van der Waals surface area contributed by atoms with Gasteiger partial charge in [0, 0.05) is 25.4 Å². The van der Waals surface area contributed by atoms with E-state index in [2.05, 4.69) is 0 Å². The Labute approximate surface area is 229 Å². The maximum atomic E-state index is 11.8. The maximum absolute atomic E-state index is 11.8. The lowest BCUT2D eigenvalue weighted by Gasteiger charge is -2.29. The van der Waals surface area contributed by atoms with Crippen LogP contribution in [0.2, 0.25) is 0 Å². The van der Waals surface area contributed by atoms with Gasteiger partial charge >= 0.3 is 17.9 Å². The molecule has 0 bridgehead atoms. The predicted octanol–water partition coefficient (Wildman–Crippen LogP) is 4.10. The molecule has 0 saturated carbocycles. The molecule has 0 aromatic heterocycles. The van der Waals surface area contributed by atoms with E-state index in [1.165, 1.54) is 0 Å². The number of hydrogen-bond acceptors (Lipinski definition) is 10. The fraction of sp³-hybridized carbons (Fsp3) is 0.893. The average Bonchev–Trinajstić information content (AvgIpc) is 2.69. The monoisotopic (exact) mass is 547 g/mol. The van der Waals surface area contributed by atoms with Crippen molar-refractivity contribution in [2.24, 2.45) is 5.73 Å². The van der Waals surface area contributed by atoms with Crippen molar-refractivity contribution in [1.82, 2.24) is 0 Å². The highest BCUT2D eigenvalue weighted by molar-refractivity contribution is 5.70. The summed E-state index contributed by atoms with van der Waals surface area (Å²) < 4.78 is 32.8. The second kappa shape index (κ2) is 17.0. The quantitative estimate of drug-likeness (QED) is 0.152. The third-order valence-electron chi connectivity index (χ3n) is 4.84. The number of carbonyl (C=O) groups excluding carboxylic acids is 3. The van der Waals surface area contributed by atoms with Crippen LogP contribution in [0.15, 0.2) is 0 Å². The topological polar surface area (TPSA) is 133 Å². The van der Waals surface area contributed by atoms with Crippen molar-refractivity contribution in [2.45, 2.75) is 123 Å². The first-order chi connectivity index (χ1) is 17.3. The van der Waals surface area contributed by atoms with Gasteiger partial charge < -0.3 is 34.2 Å². The summed E-state index contributed by atoms with van der Waals surface area (Å²) in [6.07, 6.45) is 2.05. The fourth-order valence-corrected chi connectivity index (χ4v) is 3.15. The Hall–Kier alpha value is -1.75. The molecular formula is C28H53NO9. The summed E-state index contributed by atoms with van der Waals surface area (Å²) in [6.45, 7) is 18.2. The predicted molar refractivity (Wildman–Crippen MR) is 145 cm³/mol. The van der Waals surface area contributed by atoms with Gasteiger partial charge in [-0.3, -0.25) is 14.4 Å². The maximum Gasteiger partial charge on any atom is 0.308 e. The van der Waals surface area contributed by atoms with E-state index in [9.17, 15) is 14.4 Å². The van der Waals surface area contributed by atoms with E-state index in [4.69, 9.17) is 34.2 Å². The largest absolute Gasteiger partial charge is 0.460 e. The van der Waals surface area contributed by atoms with Crippen LogP contribution in [-0.2, 0) is 42.8 Å². The fourth-order valence-electron chi connectivity index (χ4n) is 3.15. The number of rotatable bonds is 18. The van der Waals surface area contributed by atoms with Gasteiger partial charge in [-0.2, -0.15) is 0 Å². The number of ether oxygens (including phenoxy) is 6. The molecule has 38 heavy (non-hydrogen) atoms. The molecule has 0 aliphatic carbocycles. The Morgan fingerprint density at radius 3 is 0.921 bits per heavy atom. The first-order valence-corrected chi connectivity index (χ1v) is 13.5. The van der Waals surface area contributed by atoms with Crippen LogP contribution in [0, 0.1) is 0 Å². The first-order valence-electron chi connectivity index (χ1n) is 13.5. The van der Waals surface area contributed by atoms with Crippen molar-refractivity contribution < 1.29 is 42.8 Å². The zero-order valence-electron chi connectivity index (χ0n) is 25.2. The molecule has 0 heterocycles. The standard InChI is InChI=1S/C28H53NO9/c1-25(2,3)36-22(30)10-16-33-19-13-28(29,14-20-34-17-11-23(31)37-26(4,5)6)15-21-35-18-12-24(32)38-27(7,8)9/h10-21,29H2,1-9H3. The van der Waals surface area contributed by atoms with Gasteiger partial charge in [-0.1, -0.05) is 0 Å². The highest BCUT2D eigenvalue weighted by Gasteiger charge is 2.25. The molecule has 0 unspecified atom stereocenters. The minimum Gasteiger partial charge on any atom is -0.460 e. The van der Waals surface area contributed by atoms with Crippen molar-refractivity contribution in [1.29, 1.82) is 0 Å². The van der Waals surface area contributed by atoms with E-state index >= 15 is 0 Å². The lowest BCUT2D eigenvalue weighted by Crippen LogP contribution is -2.43. The summed E-state index contributed by atoms with van der Waals surface area (Å²) in [5, 5.41) is 0. The Kier molecular flexibility index (Phi) is 16.3. The van der Waals surface area contributed by atoms with Crippen molar-refractivity contribution in [3.05, 3.63) is 0 Å². The minimum atomic E-state index is -0.649. The van der Waals surface area contributed by atoms with Crippen LogP contribution in [0.25, 0.3) is 0 Å². The van der Waals surface area contributed by atoms with Crippen molar-refractivity contribution in [2.75, 3.05) is 39.6 Å². The van der Waals surface area contributed by atoms with Gasteiger partial charge in [-0.25, -0.2) is 0 Å². The number of carbonyl (C=O) groups is 3. The van der Waals surface area contributed by atoms with E-state index in [0.29, 0.717) is 39.1 Å². The van der Waals surface area contributed by atoms with Crippen molar-refractivity contribution in [3.63, 3.8) is 0 Å². The molecule has 0 atom stereocenters. The van der Waals surface area contributed by atoms with Gasteiger partial charge in [0.1, 0.15) is 16.8 Å². The summed E-state index contributed by atoms with van der Waals surface area (Å²) >= 11 is 0. The third kappa shape index (κ3) is 23.4. The third-order valence-corrected chi connectivity index (χ3v) is 4.84. The van der Waals surface area contributed by atoms with Crippen molar-refractivity contribution >= 4 is 17.9 Å².